The van der Waals surface area contributed by atoms with Crippen LogP contribution < -0.4 is 10.5 Å². The van der Waals surface area contributed by atoms with Gasteiger partial charge in [-0.25, -0.2) is 0 Å². The van der Waals surface area contributed by atoms with Gasteiger partial charge in [0.1, 0.15) is 18.2 Å². The van der Waals surface area contributed by atoms with Crippen molar-refractivity contribution in [3.8, 4) is 5.75 Å². The first-order valence-corrected chi connectivity index (χ1v) is 6.63. The third kappa shape index (κ3) is 4.22. The predicted octanol–water partition coefficient (Wildman–Crippen LogP) is 0.806. The van der Waals surface area contributed by atoms with E-state index in [0.717, 1.165) is 18.8 Å². The summed E-state index contributed by atoms with van der Waals surface area (Å²) in [6.07, 6.45) is 2.46. The number of hydrogen-bond acceptors (Lipinski definition) is 4. The maximum Gasteiger partial charge on any atom is 0.122 e. The number of nitrogens with two attached hydrogens (primary N) is 1. The van der Waals surface area contributed by atoms with Crippen molar-refractivity contribution in [1.82, 2.24) is 4.90 Å². The third-order valence-corrected chi connectivity index (χ3v) is 3.26. The summed E-state index contributed by atoms with van der Waals surface area (Å²) in [6.45, 7) is 2.36. The van der Waals surface area contributed by atoms with E-state index in [9.17, 15) is 0 Å². The van der Waals surface area contributed by atoms with Gasteiger partial charge in [0.15, 0.2) is 0 Å². The van der Waals surface area contributed by atoms with Crippen LogP contribution in [0.25, 0.3) is 0 Å². The van der Waals surface area contributed by atoms with Gasteiger partial charge in [0.05, 0.1) is 6.61 Å². The Morgan fingerprint density at radius 3 is 2.53 bits per heavy atom. The van der Waals surface area contributed by atoms with Gasteiger partial charge in [0.25, 0.3) is 0 Å². The fourth-order valence-corrected chi connectivity index (χ4v) is 2.06. The second kappa shape index (κ2) is 6.54. The maximum absolute atomic E-state index is 9.00. The normalized spacial score (nSPS) is 14.6. The molecule has 4 N–H and O–H groups in total. The second-order valence-corrected chi connectivity index (χ2v) is 4.78. The number of nitrogen functional groups attached to an aromatic ring is 1. The average Bonchev–Trinajstić information content (AvgIpc) is 3.22. The minimum Gasteiger partial charge on any atom is -0.492 e. The number of benzene rings is 1. The van der Waals surface area contributed by atoms with Gasteiger partial charge < -0.3 is 15.6 Å². The van der Waals surface area contributed by atoms with E-state index in [4.69, 9.17) is 21.0 Å². The van der Waals surface area contributed by atoms with Gasteiger partial charge in [-0.15, -0.1) is 0 Å². The Labute approximate surface area is 113 Å². The van der Waals surface area contributed by atoms with Gasteiger partial charge in [-0.1, -0.05) is 0 Å². The molecule has 0 spiro atoms. The standard InChI is InChI=1S/C14H21N3O2/c15-14(16)11-1-5-13(6-2-11)19-10-8-17(7-9-18)12-3-4-12/h1-2,5-6,12,18H,3-4,7-10H2,(H3,15,16). The Hall–Kier alpha value is -1.59. The first-order chi connectivity index (χ1) is 9.20. The van der Waals surface area contributed by atoms with E-state index < -0.39 is 0 Å². The fourth-order valence-electron chi connectivity index (χ4n) is 2.06. The molecule has 1 aromatic carbocycles. The number of nitrogens with zero attached hydrogens (tertiary/aromatic N) is 1. The summed E-state index contributed by atoms with van der Waals surface area (Å²) in [5.74, 6) is 0.846. The number of aliphatic hydroxyl groups is 1. The largest absolute Gasteiger partial charge is 0.492 e. The molecule has 5 heteroatoms. The van der Waals surface area contributed by atoms with Crippen LogP contribution in [-0.2, 0) is 0 Å². The number of rotatable bonds is 8. The molecule has 0 radical (unpaired) electrons. The van der Waals surface area contributed by atoms with Gasteiger partial charge >= 0.3 is 0 Å². The number of amidine groups is 1. The first kappa shape index (κ1) is 13.8. The zero-order valence-corrected chi connectivity index (χ0v) is 11.0. The van der Waals surface area contributed by atoms with Crippen molar-refractivity contribution in [2.45, 2.75) is 18.9 Å². The Kier molecular flexibility index (Phi) is 4.76. The molecule has 0 aliphatic heterocycles. The van der Waals surface area contributed by atoms with E-state index >= 15 is 0 Å². The molecule has 0 unspecified atom stereocenters. The molecule has 1 fully saturated rings. The predicted molar refractivity (Wildman–Crippen MR) is 74.6 cm³/mol. The molecule has 1 aromatic rings. The van der Waals surface area contributed by atoms with Crippen LogP contribution in [0, 0.1) is 5.41 Å². The highest BCUT2D eigenvalue weighted by atomic mass is 16.5. The molecule has 0 aromatic heterocycles. The number of aliphatic hydroxyl groups excluding tert-OH is 1. The Morgan fingerprint density at radius 1 is 1.32 bits per heavy atom. The third-order valence-electron chi connectivity index (χ3n) is 3.26. The molecule has 0 amide bonds. The minimum absolute atomic E-state index is 0.0643. The van der Waals surface area contributed by atoms with Crippen molar-refractivity contribution in [3.05, 3.63) is 29.8 Å². The van der Waals surface area contributed by atoms with E-state index in [1.54, 1.807) is 12.1 Å². The van der Waals surface area contributed by atoms with Crippen molar-refractivity contribution in [2.75, 3.05) is 26.3 Å². The second-order valence-electron chi connectivity index (χ2n) is 4.78. The zero-order valence-electron chi connectivity index (χ0n) is 11.0. The lowest BCUT2D eigenvalue weighted by molar-refractivity contribution is 0.162. The summed E-state index contributed by atoms with van der Waals surface area (Å²) in [4.78, 5) is 2.27. The summed E-state index contributed by atoms with van der Waals surface area (Å²) in [7, 11) is 0. The lowest BCUT2D eigenvalue weighted by Crippen LogP contribution is -2.33. The molecular formula is C14H21N3O2. The molecule has 0 atom stereocenters. The van der Waals surface area contributed by atoms with Crippen LogP contribution in [-0.4, -0.2) is 48.2 Å². The van der Waals surface area contributed by atoms with Gasteiger partial charge in [-0.2, -0.15) is 0 Å². The summed E-state index contributed by atoms with van der Waals surface area (Å²) in [5, 5.41) is 16.3. The van der Waals surface area contributed by atoms with Crippen molar-refractivity contribution in [1.29, 1.82) is 5.41 Å². The van der Waals surface area contributed by atoms with Crippen LogP contribution in [0.15, 0.2) is 24.3 Å². The summed E-state index contributed by atoms with van der Waals surface area (Å²) in [6, 6.07) is 7.85. The summed E-state index contributed by atoms with van der Waals surface area (Å²) in [5.41, 5.74) is 6.09. The maximum atomic E-state index is 9.00. The van der Waals surface area contributed by atoms with Crippen molar-refractivity contribution >= 4 is 5.84 Å². The molecule has 1 aliphatic carbocycles. The molecule has 5 nitrogen and oxygen atoms in total. The van der Waals surface area contributed by atoms with E-state index in [1.165, 1.54) is 12.8 Å². The monoisotopic (exact) mass is 263 g/mol. The first-order valence-electron chi connectivity index (χ1n) is 6.63. The summed E-state index contributed by atoms with van der Waals surface area (Å²) < 4.78 is 5.66. The lowest BCUT2D eigenvalue weighted by atomic mass is 10.2. The fraction of sp³-hybridized carbons (Fsp3) is 0.500. The average molecular weight is 263 g/mol. The number of nitrogens with one attached hydrogen (secondary N) is 1. The summed E-state index contributed by atoms with van der Waals surface area (Å²) >= 11 is 0. The van der Waals surface area contributed by atoms with Crippen LogP contribution in [0.2, 0.25) is 0 Å². The number of hydrogen-bond donors (Lipinski definition) is 3. The van der Waals surface area contributed by atoms with Crippen LogP contribution >= 0.6 is 0 Å². The SMILES string of the molecule is N=C(N)c1ccc(OCCN(CCO)C2CC2)cc1. The van der Waals surface area contributed by atoms with Crippen LogP contribution in [0.3, 0.4) is 0 Å². The van der Waals surface area contributed by atoms with Crippen molar-refractivity contribution in [2.24, 2.45) is 5.73 Å². The topological polar surface area (TPSA) is 82.6 Å². The minimum atomic E-state index is 0.0643. The van der Waals surface area contributed by atoms with E-state index in [2.05, 4.69) is 4.90 Å². The van der Waals surface area contributed by atoms with Crippen molar-refractivity contribution < 1.29 is 9.84 Å². The van der Waals surface area contributed by atoms with Gasteiger partial charge in [-0.3, -0.25) is 10.3 Å². The molecule has 2 rings (SSSR count). The molecule has 104 valence electrons. The zero-order chi connectivity index (χ0) is 13.7. The molecule has 1 aliphatic rings. The van der Waals surface area contributed by atoms with Gasteiger partial charge in [-0.05, 0) is 37.1 Å². The van der Waals surface area contributed by atoms with Crippen LogP contribution in [0.4, 0.5) is 0 Å². The lowest BCUT2D eigenvalue weighted by Gasteiger charge is -2.20. The highest BCUT2D eigenvalue weighted by Crippen LogP contribution is 2.26. The highest BCUT2D eigenvalue weighted by molar-refractivity contribution is 5.94. The van der Waals surface area contributed by atoms with E-state index in [1.807, 2.05) is 12.1 Å². The Bertz CT molecular complexity index is 415. The van der Waals surface area contributed by atoms with Crippen molar-refractivity contribution in [3.63, 3.8) is 0 Å². The van der Waals surface area contributed by atoms with Gasteiger partial charge in [0.2, 0.25) is 0 Å². The van der Waals surface area contributed by atoms with Crippen LogP contribution in [0.5, 0.6) is 5.75 Å². The van der Waals surface area contributed by atoms with Gasteiger partial charge in [0, 0.05) is 24.7 Å². The molecule has 0 bridgehead atoms. The Balaban J connectivity index is 1.76. The molecular weight excluding hydrogens is 242 g/mol. The van der Waals surface area contributed by atoms with E-state index in [-0.39, 0.29) is 12.4 Å². The molecule has 1 saturated carbocycles. The smallest absolute Gasteiger partial charge is 0.122 e. The number of ether oxygens (including phenoxy) is 1. The molecule has 0 heterocycles. The van der Waals surface area contributed by atoms with Crippen LogP contribution in [0.1, 0.15) is 18.4 Å². The quantitative estimate of drug-likeness (QED) is 0.479. The Morgan fingerprint density at radius 2 is 2.00 bits per heavy atom. The molecule has 19 heavy (non-hydrogen) atoms. The van der Waals surface area contributed by atoms with E-state index in [0.29, 0.717) is 18.2 Å². The highest BCUT2D eigenvalue weighted by Gasteiger charge is 2.28. The molecule has 0 saturated heterocycles.